The second-order valence-corrected chi connectivity index (χ2v) is 5.98. The van der Waals surface area contributed by atoms with Crippen LogP contribution in [0.2, 0.25) is 0 Å². The van der Waals surface area contributed by atoms with Crippen molar-refractivity contribution in [3.63, 3.8) is 0 Å². The molecule has 98 valence electrons. The lowest BCUT2D eigenvalue weighted by Gasteiger charge is -2.51. The maximum atomic E-state index is 13.1. The number of hydrogen-bond acceptors (Lipinski definition) is 2. The lowest BCUT2D eigenvalue weighted by atomic mass is 9.73. The highest BCUT2D eigenvalue weighted by atomic mass is 19.1. The third-order valence-electron chi connectivity index (χ3n) is 4.56. The van der Waals surface area contributed by atoms with Gasteiger partial charge in [-0.1, -0.05) is 25.7 Å². The molecule has 1 heterocycles. The monoisotopic (exact) mass is 248 g/mol. The van der Waals surface area contributed by atoms with Gasteiger partial charge in [0.2, 0.25) is 0 Å². The summed E-state index contributed by atoms with van der Waals surface area (Å²) in [5.74, 6) is -0.316. The molecule has 0 bridgehead atoms. The van der Waals surface area contributed by atoms with E-state index in [2.05, 4.69) is 4.90 Å². The normalized spacial score (nSPS) is 22.6. The summed E-state index contributed by atoms with van der Waals surface area (Å²) in [5, 5.41) is 0. The van der Waals surface area contributed by atoms with Gasteiger partial charge in [-0.3, -0.25) is 0 Å². The van der Waals surface area contributed by atoms with Crippen LogP contribution in [0.5, 0.6) is 0 Å². The van der Waals surface area contributed by atoms with Crippen LogP contribution in [0.1, 0.15) is 38.5 Å². The van der Waals surface area contributed by atoms with E-state index in [1.54, 1.807) is 6.07 Å². The van der Waals surface area contributed by atoms with Gasteiger partial charge in [0.15, 0.2) is 0 Å². The van der Waals surface area contributed by atoms with E-state index in [9.17, 15) is 4.39 Å². The van der Waals surface area contributed by atoms with Gasteiger partial charge >= 0.3 is 0 Å². The highest BCUT2D eigenvalue weighted by Gasteiger charge is 2.42. The van der Waals surface area contributed by atoms with Crippen LogP contribution < -0.4 is 10.6 Å². The van der Waals surface area contributed by atoms with Crippen LogP contribution in [0.15, 0.2) is 18.2 Å². The Balaban J connectivity index is 1.68. The molecule has 2 aliphatic rings. The molecule has 2 N–H and O–H groups in total. The van der Waals surface area contributed by atoms with Gasteiger partial charge in [0.25, 0.3) is 0 Å². The Hall–Kier alpha value is -1.25. The standard InChI is InChI=1S/C15H21FN2/c16-13-6-5-12(9-14(13)17)18-10-15(11-18)7-3-1-2-4-8-15/h5-6,9H,1-4,7-8,10-11,17H2. The Morgan fingerprint density at radius 1 is 1.06 bits per heavy atom. The highest BCUT2D eigenvalue weighted by Crippen LogP contribution is 2.44. The molecule has 0 amide bonds. The molecule has 1 saturated heterocycles. The SMILES string of the molecule is Nc1cc(N2CC3(CCCCCC3)C2)ccc1F. The van der Waals surface area contributed by atoms with Crippen molar-refractivity contribution < 1.29 is 4.39 Å². The van der Waals surface area contributed by atoms with Crippen LogP contribution in [-0.4, -0.2) is 13.1 Å². The van der Waals surface area contributed by atoms with Crippen molar-refractivity contribution in [2.45, 2.75) is 38.5 Å². The molecule has 1 aliphatic carbocycles. The largest absolute Gasteiger partial charge is 0.396 e. The molecule has 0 unspecified atom stereocenters. The summed E-state index contributed by atoms with van der Waals surface area (Å²) in [4.78, 5) is 2.33. The highest BCUT2D eigenvalue weighted by molar-refractivity contribution is 5.58. The molecule has 18 heavy (non-hydrogen) atoms. The van der Waals surface area contributed by atoms with E-state index in [0.717, 1.165) is 18.8 Å². The van der Waals surface area contributed by atoms with Crippen LogP contribution in [0, 0.1) is 11.2 Å². The molecule has 1 aromatic carbocycles. The number of rotatable bonds is 1. The van der Waals surface area contributed by atoms with Crippen molar-refractivity contribution in [1.29, 1.82) is 0 Å². The first-order valence-electron chi connectivity index (χ1n) is 6.99. The van der Waals surface area contributed by atoms with E-state index in [1.165, 1.54) is 44.6 Å². The van der Waals surface area contributed by atoms with Crippen molar-refractivity contribution in [3.05, 3.63) is 24.0 Å². The number of hydrogen-bond donors (Lipinski definition) is 1. The molecule has 3 rings (SSSR count). The van der Waals surface area contributed by atoms with E-state index in [4.69, 9.17) is 5.73 Å². The van der Waals surface area contributed by atoms with E-state index in [0.29, 0.717) is 5.41 Å². The molecule has 1 saturated carbocycles. The van der Waals surface area contributed by atoms with Crippen molar-refractivity contribution in [2.24, 2.45) is 5.41 Å². The van der Waals surface area contributed by atoms with Gasteiger partial charge in [-0.25, -0.2) is 4.39 Å². The molecular weight excluding hydrogens is 227 g/mol. The number of halogens is 1. The number of nitrogens with zero attached hydrogens (tertiary/aromatic N) is 1. The predicted molar refractivity (Wildman–Crippen MR) is 73.2 cm³/mol. The van der Waals surface area contributed by atoms with Crippen LogP contribution in [0.25, 0.3) is 0 Å². The molecular formula is C15H21FN2. The zero-order valence-electron chi connectivity index (χ0n) is 10.8. The number of anilines is 2. The van der Waals surface area contributed by atoms with E-state index < -0.39 is 0 Å². The minimum absolute atomic E-state index is 0.259. The molecule has 0 aromatic heterocycles. The Morgan fingerprint density at radius 2 is 1.72 bits per heavy atom. The third kappa shape index (κ3) is 2.06. The van der Waals surface area contributed by atoms with Gasteiger partial charge < -0.3 is 10.6 Å². The van der Waals surface area contributed by atoms with Gasteiger partial charge in [0.05, 0.1) is 5.69 Å². The van der Waals surface area contributed by atoms with E-state index in [1.807, 2.05) is 6.07 Å². The zero-order valence-corrected chi connectivity index (χ0v) is 10.8. The summed E-state index contributed by atoms with van der Waals surface area (Å²) >= 11 is 0. The fraction of sp³-hybridized carbons (Fsp3) is 0.600. The smallest absolute Gasteiger partial charge is 0.146 e. The Bertz CT molecular complexity index is 428. The van der Waals surface area contributed by atoms with Gasteiger partial charge in [-0.15, -0.1) is 0 Å². The third-order valence-corrected chi connectivity index (χ3v) is 4.56. The minimum Gasteiger partial charge on any atom is -0.396 e. The quantitative estimate of drug-likeness (QED) is 0.770. The van der Waals surface area contributed by atoms with Crippen molar-refractivity contribution >= 4 is 11.4 Å². The predicted octanol–water partition coefficient (Wildman–Crippen LogP) is 3.57. The number of nitrogens with two attached hydrogens (primary N) is 1. The average Bonchev–Trinajstić information content (AvgIpc) is 2.56. The molecule has 2 nitrogen and oxygen atoms in total. The van der Waals surface area contributed by atoms with Crippen LogP contribution in [-0.2, 0) is 0 Å². The second kappa shape index (κ2) is 4.45. The lowest BCUT2D eigenvalue weighted by Crippen LogP contribution is -2.56. The van der Waals surface area contributed by atoms with E-state index >= 15 is 0 Å². The first-order chi connectivity index (χ1) is 8.69. The first-order valence-corrected chi connectivity index (χ1v) is 6.99. The molecule has 3 heteroatoms. The maximum absolute atomic E-state index is 13.1. The fourth-order valence-electron chi connectivity index (χ4n) is 3.47. The summed E-state index contributed by atoms with van der Waals surface area (Å²) in [6, 6.07) is 5.08. The van der Waals surface area contributed by atoms with Gasteiger partial charge in [0.1, 0.15) is 5.82 Å². The van der Waals surface area contributed by atoms with E-state index in [-0.39, 0.29) is 11.5 Å². The van der Waals surface area contributed by atoms with Gasteiger partial charge in [-0.05, 0) is 31.0 Å². The van der Waals surface area contributed by atoms with Crippen molar-refractivity contribution in [2.75, 3.05) is 23.7 Å². The lowest BCUT2D eigenvalue weighted by molar-refractivity contribution is 0.180. The molecule has 0 radical (unpaired) electrons. The zero-order chi connectivity index (χ0) is 12.6. The summed E-state index contributed by atoms with van der Waals surface area (Å²) in [6.07, 6.45) is 8.26. The topological polar surface area (TPSA) is 29.3 Å². The number of benzene rings is 1. The molecule has 1 spiro atoms. The Kier molecular flexibility index (Phi) is 2.92. The molecule has 0 atom stereocenters. The van der Waals surface area contributed by atoms with Crippen LogP contribution >= 0.6 is 0 Å². The Morgan fingerprint density at radius 3 is 2.33 bits per heavy atom. The summed E-state index contributed by atoms with van der Waals surface area (Å²) in [6.45, 7) is 2.25. The molecule has 2 fully saturated rings. The maximum Gasteiger partial charge on any atom is 0.146 e. The number of nitrogen functional groups attached to an aromatic ring is 1. The molecule has 1 aliphatic heterocycles. The average molecular weight is 248 g/mol. The van der Waals surface area contributed by atoms with Crippen molar-refractivity contribution in [1.82, 2.24) is 0 Å². The summed E-state index contributed by atoms with van der Waals surface area (Å²) < 4.78 is 13.1. The molecule has 1 aromatic rings. The van der Waals surface area contributed by atoms with Gasteiger partial charge in [0, 0.05) is 24.2 Å². The van der Waals surface area contributed by atoms with Crippen LogP contribution in [0.3, 0.4) is 0 Å². The summed E-state index contributed by atoms with van der Waals surface area (Å²) in [5.41, 5.74) is 7.50. The first kappa shape index (κ1) is 11.8. The van der Waals surface area contributed by atoms with Crippen molar-refractivity contribution in [3.8, 4) is 0 Å². The van der Waals surface area contributed by atoms with Gasteiger partial charge in [-0.2, -0.15) is 0 Å². The minimum atomic E-state index is -0.316. The Labute approximate surface area is 108 Å². The summed E-state index contributed by atoms with van der Waals surface area (Å²) in [7, 11) is 0. The van der Waals surface area contributed by atoms with Crippen LogP contribution in [0.4, 0.5) is 15.8 Å². The fourth-order valence-corrected chi connectivity index (χ4v) is 3.47. The second-order valence-electron chi connectivity index (χ2n) is 5.98.